The zero-order chi connectivity index (χ0) is 33.1. The number of hydrogen-bond acceptors (Lipinski definition) is 10. The maximum atomic E-state index is 13.7. The Hall–Kier alpha value is -3.29. The molecule has 0 spiro atoms. The molecule has 6 atom stereocenters. The van der Waals surface area contributed by atoms with Gasteiger partial charge in [0.15, 0.2) is 6.10 Å². The summed E-state index contributed by atoms with van der Waals surface area (Å²) in [4.78, 5) is 53.7. The summed E-state index contributed by atoms with van der Waals surface area (Å²) >= 11 is 0. The van der Waals surface area contributed by atoms with Gasteiger partial charge in [-0.3, -0.25) is 14.4 Å². The number of allylic oxidation sites excluding steroid dienone is 4. The van der Waals surface area contributed by atoms with Crippen molar-refractivity contribution in [3.05, 3.63) is 58.5 Å². The molecule has 1 heterocycles. The standard InChI is InChI=1S/C32H48N4O8.ClH/c1-18-14-22-27(34-12-13-36(5)6)24(37)17-23(29(22)39)35-31(40)19(2)10-9-11-25(42-7)30(44-32(33)41)21(4)16-20(3)28(38)26(15-18)43-8;/h9-11,16-18,20,25-26,28,30,34,38H,12-15H2,1-8H3,(H2,33,41)(H,35,40);1H/t18-,20+,25+,26+,28-,30+;/m1./s1. The lowest BCUT2D eigenvalue weighted by Crippen LogP contribution is -2.38. The number of methoxy groups -OCH3 is 2. The van der Waals surface area contributed by atoms with Crippen LogP contribution in [0.5, 0.6) is 0 Å². The number of aliphatic hydroxyl groups is 1. The smallest absolute Gasteiger partial charge is 0.405 e. The Labute approximate surface area is 272 Å². The molecular formula is C32H49ClN4O8. The van der Waals surface area contributed by atoms with Crippen LogP contribution >= 0.6 is 12.4 Å². The lowest BCUT2D eigenvalue weighted by Gasteiger charge is -2.30. The number of ketones is 2. The van der Waals surface area contributed by atoms with E-state index >= 15 is 0 Å². The van der Waals surface area contributed by atoms with Gasteiger partial charge in [0.2, 0.25) is 11.6 Å². The number of carbonyl (C=O) groups is 4. The van der Waals surface area contributed by atoms with E-state index in [1.54, 1.807) is 32.1 Å². The largest absolute Gasteiger partial charge is 0.439 e. The van der Waals surface area contributed by atoms with E-state index < -0.39 is 53.9 Å². The SMILES string of the molecule is CO[C@H]1C=CC=C(C)C(=O)NC2=CC(=O)C(NCCN(C)C)=C(C[C@@H](C)C[C@H](OC)[C@H](O)[C@@H](C)C=C(C)[C@@H]1OC(N)=O)C2=O.Cl. The summed E-state index contributed by atoms with van der Waals surface area (Å²) in [5.41, 5.74) is 6.55. The molecule has 5 N–H and O–H groups in total. The number of nitrogens with two attached hydrogens (primary N) is 1. The van der Waals surface area contributed by atoms with Gasteiger partial charge in [-0.1, -0.05) is 38.2 Å². The molecule has 1 aliphatic heterocycles. The molecule has 0 radical (unpaired) electrons. The highest BCUT2D eigenvalue weighted by Gasteiger charge is 2.33. The number of aliphatic hydroxyl groups excluding tert-OH is 1. The molecule has 45 heavy (non-hydrogen) atoms. The molecule has 0 saturated carbocycles. The fourth-order valence-corrected chi connectivity index (χ4v) is 5.18. The fourth-order valence-electron chi connectivity index (χ4n) is 5.18. The van der Waals surface area contributed by atoms with Crippen LogP contribution in [0.15, 0.2) is 58.5 Å². The first kappa shape index (κ1) is 39.7. The number of carbonyl (C=O) groups excluding carboxylic acids is 4. The number of amides is 2. The lowest BCUT2D eigenvalue weighted by atomic mass is 9.85. The van der Waals surface area contributed by atoms with Gasteiger partial charge in [-0.2, -0.15) is 0 Å². The Morgan fingerprint density at radius 1 is 1.16 bits per heavy atom. The van der Waals surface area contributed by atoms with E-state index in [4.69, 9.17) is 19.9 Å². The normalized spacial score (nSPS) is 27.2. The van der Waals surface area contributed by atoms with Gasteiger partial charge in [0.1, 0.15) is 6.10 Å². The second-order valence-corrected chi connectivity index (χ2v) is 11.7. The minimum Gasteiger partial charge on any atom is -0.439 e. The highest BCUT2D eigenvalue weighted by molar-refractivity contribution is 6.23. The van der Waals surface area contributed by atoms with Gasteiger partial charge >= 0.3 is 6.09 Å². The van der Waals surface area contributed by atoms with Crippen LogP contribution in [0.3, 0.4) is 0 Å². The van der Waals surface area contributed by atoms with Gasteiger partial charge in [-0.25, -0.2) is 4.79 Å². The van der Waals surface area contributed by atoms with Crippen molar-refractivity contribution in [3.8, 4) is 0 Å². The lowest BCUT2D eigenvalue weighted by molar-refractivity contribution is -0.120. The number of nitrogens with one attached hydrogen (secondary N) is 2. The first-order chi connectivity index (χ1) is 20.7. The van der Waals surface area contributed by atoms with Gasteiger partial charge < -0.3 is 40.6 Å². The zero-order valence-electron chi connectivity index (χ0n) is 27.4. The van der Waals surface area contributed by atoms with Gasteiger partial charge in [-0.05, 0) is 52.3 Å². The molecule has 0 aromatic heterocycles. The third kappa shape index (κ3) is 11.5. The maximum absolute atomic E-state index is 13.7. The second kappa shape index (κ2) is 18.6. The number of likely N-dealkylation sites (N-methyl/N-ethyl adjacent to an activating group) is 1. The van der Waals surface area contributed by atoms with Crippen LogP contribution in [0.4, 0.5) is 4.79 Å². The van der Waals surface area contributed by atoms with Crippen molar-refractivity contribution in [1.82, 2.24) is 15.5 Å². The number of hydrogen-bond donors (Lipinski definition) is 4. The molecule has 0 aromatic rings. The molecule has 0 saturated heterocycles. The maximum Gasteiger partial charge on any atom is 0.405 e. The van der Waals surface area contributed by atoms with Crippen LogP contribution in [0.25, 0.3) is 0 Å². The van der Waals surface area contributed by atoms with Crippen molar-refractivity contribution in [3.63, 3.8) is 0 Å². The molecule has 0 unspecified atom stereocenters. The number of fused-ring (bicyclic) bond motifs is 2. The van der Waals surface area contributed by atoms with Gasteiger partial charge in [0, 0.05) is 50.4 Å². The van der Waals surface area contributed by atoms with Gasteiger partial charge in [0.25, 0.3) is 5.91 Å². The summed E-state index contributed by atoms with van der Waals surface area (Å²) in [5.74, 6) is -2.06. The second-order valence-electron chi connectivity index (χ2n) is 11.7. The number of nitrogens with zero attached hydrogens (tertiary/aromatic N) is 1. The Morgan fingerprint density at radius 3 is 2.40 bits per heavy atom. The molecule has 2 rings (SSSR count). The molecule has 2 amide bonds. The molecule has 13 heteroatoms. The van der Waals surface area contributed by atoms with Crippen LogP contribution in [0, 0.1) is 11.8 Å². The zero-order valence-corrected chi connectivity index (χ0v) is 28.2. The number of ether oxygens (including phenoxy) is 3. The van der Waals surface area contributed by atoms with E-state index in [9.17, 15) is 24.3 Å². The van der Waals surface area contributed by atoms with E-state index in [1.807, 2.05) is 32.8 Å². The van der Waals surface area contributed by atoms with E-state index in [-0.39, 0.29) is 47.3 Å². The van der Waals surface area contributed by atoms with Crippen LogP contribution in [0.2, 0.25) is 0 Å². The molecule has 252 valence electrons. The van der Waals surface area contributed by atoms with Crippen LogP contribution in [0.1, 0.15) is 40.5 Å². The summed E-state index contributed by atoms with van der Waals surface area (Å²) in [6.45, 7) is 8.09. The third-order valence-corrected chi connectivity index (χ3v) is 7.65. The molecule has 12 nitrogen and oxygen atoms in total. The Bertz CT molecular complexity index is 1240. The molecule has 2 bridgehead atoms. The quantitative estimate of drug-likeness (QED) is 0.237. The monoisotopic (exact) mass is 652 g/mol. The average Bonchev–Trinajstić information content (AvgIpc) is 2.95. The summed E-state index contributed by atoms with van der Waals surface area (Å²) in [6.07, 6.45) is 3.88. The van der Waals surface area contributed by atoms with Crippen LogP contribution in [-0.4, -0.2) is 99.4 Å². The van der Waals surface area contributed by atoms with Crippen LogP contribution in [-0.2, 0) is 28.6 Å². The van der Waals surface area contributed by atoms with Crippen LogP contribution < -0.4 is 16.4 Å². The molecular weight excluding hydrogens is 604 g/mol. The van der Waals surface area contributed by atoms with E-state index in [1.165, 1.54) is 20.3 Å². The molecule has 2 aliphatic rings. The van der Waals surface area contributed by atoms with E-state index in [0.29, 0.717) is 25.1 Å². The van der Waals surface area contributed by atoms with Gasteiger partial charge in [0.05, 0.1) is 23.6 Å². The number of primary amides is 1. The van der Waals surface area contributed by atoms with Crippen molar-refractivity contribution in [2.24, 2.45) is 17.6 Å². The highest BCUT2D eigenvalue weighted by Crippen LogP contribution is 2.28. The number of halogens is 1. The first-order valence-corrected chi connectivity index (χ1v) is 14.7. The predicted molar refractivity (Wildman–Crippen MR) is 173 cm³/mol. The first-order valence-electron chi connectivity index (χ1n) is 14.7. The summed E-state index contributed by atoms with van der Waals surface area (Å²) < 4.78 is 16.6. The summed E-state index contributed by atoms with van der Waals surface area (Å²) in [6, 6.07) is 0. The minimum atomic E-state index is -0.997. The number of rotatable bonds is 7. The molecule has 0 aromatic carbocycles. The fraction of sp³-hybridized carbons (Fsp3) is 0.562. The third-order valence-electron chi connectivity index (χ3n) is 7.65. The van der Waals surface area contributed by atoms with Crippen molar-refractivity contribution in [2.75, 3.05) is 41.4 Å². The average molecular weight is 653 g/mol. The Kier molecular flexibility index (Phi) is 16.4. The van der Waals surface area contributed by atoms with E-state index in [0.717, 1.165) is 6.08 Å². The van der Waals surface area contributed by atoms with Crippen molar-refractivity contribution < 1.29 is 38.5 Å². The number of Topliss-reactive ketones (excluding diaryl/α,β-unsaturated/α-hetero) is 1. The van der Waals surface area contributed by atoms with E-state index in [2.05, 4.69) is 10.6 Å². The van der Waals surface area contributed by atoms with Crippen molar-refractivity contribution in [2.45, 2.75) is 65.0 Å². The van der Waals surface area contributed by atoms with Gasteiger partial charge in [-0.15, -0.1) is 12.4 Å². The predicted octanol–water partition coefficient (Wildman–Crippen LogP) is 2.34. The Morgan fingerprint density at radius 2 is 1.82 bits per heavy atom. The highest BCUT2D eigenvalue weighted by atomic mass is 35.5. The summed E-state index contributed by atoms with van der Waals surface area (Å²) in [7, 11) is 6.74. The summed E-state index contributed by atoms with van der Waals surface area (Å²) in [5, 5.41) is 17.0. The topological polar surface area (TPSA) is 170 Å². The minimum absolute atomic E-state index is 0. The molecule has 0 fully saturated rings. The van der Waals surface area contributed by atoms with Crippen molar-refractivity contribution in [1.29, 1.82) is 0 Å². The van der Waals surface area contributed by atoms with Crippen molar-refractivity contribution >= 4 is 36.0 Å². The Balaban J connectivity index is 0.0000101. The molecule has 1 aliphatic carbocycles.